The molecule has 0 aromatic carbocycles. The van der Waals surface area contributed by atoms with Crippen molar-refractivity contribution in [1.82, 2.24) is 20.1 Å². The van der Waals surface area contributed by atoms with Crippen molar-refractivity contribution in [2.24, 2.45) is 7.05 Å². The molecule has 0 spiro atoms. The van der Waals surface area contributed by atoms with E-state index in [1.165, 1.54) is 11.3 Å². The fraction of sp³-hybridized carbons (Fsp3) is 0.364. The minimum Gasteiger partial charge on any atom is -0.375 e. The Labute approximate surface area is 109 Å². The Bertz CT molecular complexity index is 533. The fourth-order valence-electron chi connectivity index (χ4n) is 1.56. The Morgan fingerprint density at radius 1 is 1.56 bits per heavy atom. The van der Waals surface area contributed by atoms with Crippen LogP contribution in [0.2, 0.25) is 0 Å². The second-order valence-corrected chi connectivity index (χ2v) is 4.82. The quantitative estimate of drug-likeness (QED) is 0.817. The Hall–Kier alpha value is -1.89. The second-order valence-electron chi connectivity index (χ2n) is 3.93. The molecule has 1 amide bonds. The van der Waals surface area contributed by atoms with E-state index >= 15 is 0 Å². The standard InChI is InChI=1S/C11H15N5OS/c1-16-5-3-8(15-16)2-4-13-10(17)6-9-7-18-11(12)14-9/h3,5,7H,2,4,6H2,1H3,(H2,12,14)(H,13,17). The predicted octanol–water partition coefficient (Wildman–Crippen LogP) is 0.360. The summed E-state index contributed by atoms with van der Waals surface area (Å²) in [5.74, 6) is -0.0452. The molecule has 3 N–H and O–H groups in total. The summed E-state index contributed by atoms with van der Waals surface area (Å²) in [7, 11) is 1.87. The lowest BCUT2D eigenvalue weighted by Gasteiger charge is -2.02. The molecule has 0 aliphatic heterocycles. The van der Waals surface area contributed by atoms with Crippen molar-refractivity contribution < 1.29 is 4.79 Å². The number of hydrogen-bond donors (Lipinski definition) is 2. The van der Waals surface area contributed by atoms with Gasteiger partial charge in [0.15, 0.2) is 5.13 Å². The molecule has 0 aliphatic rings. The molecule has 0 bridgehead atoms. The Kier molecular flexibility index (Phi) is 3.93. The summed E-state index contributed by atoms with van der Waals surface area (Å²) >= 11 is 1.34. The van der Waals surface area contributed by atoms with Crippen LogP contribution in [0.5, 0.6) is 0 Å². The highest BCUT2D eigenvalue weighted by atomic mass is 32.1. The molecule has 18 heavy (non-hydrogen) atoms. The van der Waals surface area contributed by atoms with E-state index in [1.54, 1.807) is 10.1 Å². The number of nitrogen functional groups attached to an aromatic ring is 1. The topological polar surface area (TPSA) is 85.8 Å². The van der Waals surface area contributed by atoms with Crippen molar-refractivity contribution >= 4 is 22.4 Å². The average molecular weight is 265 g/mol. The summed E-state index contributed by atoms with van der Waals surface area (Å²) in [6.07, 6.45) is 2.89. The van der Waals surface area contributed by atoms with Crippen LogP contribution in [-0.4, -0.2) is 27.2 Å². The van der Waals surface area contributed by atoms with Crippen LogP contribution < -0.4 is 11.1 Å². The number of aryl methyl sites for hydroxylation is 1. The number of aromatic nitrogens is 3. The van der Waals surface area contributed by atoms with E-state index in [2.05, 4.69) is 15.4 Å². The van der Waals surface area contributed by atoms with E-state index in [0.717, 1.165) is 12.1 Å². The summed E-state index contributed by atoms with van der Waals surface area (Å²) in [6.45, 7) is 0.579. The molecule has 96 valence electrons. The van der Waals surface area contributed by atoms with Gasteiger partial charge in [-0.1, -0.05) is 0 Å². The first-order valence-corrected chi connectivity index (χ1v) is 6.46. The number of carbonyl (C=O) groups excluding carboxylic acids is 1. The Morgan fingerprint density at radius 3 is 3.00 bits per heavy atom. The summed E-state index contributed by atoms with van der Waals surface area (Å²) < 4.78 is 1.75. The smallest absolute Gasteiger partial charge is 0.226 e. The number of nitrogens with zero attached hydrogens (tertiary/aromatic N) is 3. The van der Waals surface area contributed by atoms with Crippen LogP contribution in [0.25, 0.3) is 0 Å². The van der Waals surface area contributed by atoms with Crippen molar-refractivity contribution in [2.45, 2.75) is 12.8 Å². The molecule has 6 nitrogen and oxygen atoms in total. The maximum atomic E-state index is 11.6. The van der Waals surface area contributed by atoms with Gasteiger partial charge in [0.05, 0.1) is 17.8 Å². The highest BCUT2D eigenvalue weighted by molar-refractivity contribution is 7.13. The van der Waals surface area contributed by atoms with Crippen molar-refractivity contribution in [3.05, 3.63) is 29.0 Å². The van der Waals surface area contributed by atoms with Crippen molar-refractivity contribution in [3.8, 4) is 0 Å². The molecule has 7 heteroatoms. The third-order valence-electron chi connectivity index (χ3n) is 2.38. The molecular formula is C11H15N5OS. The molecule has 2 aromatic heterocycles. The van der Waals surface area contributed by atoms with Gasteiger partial charge < -0.3 is 11.1 Å². The van der Waals surface area contributed by atoms with Crippen LogP contribution in [0.4, 0.5) is 5.13 Å². The van der Waals surface area contributed by atoms with E-state index in [-0.39, 0.29) is 12.3 Å². The van der Waals surface area contributed by atoms with Crippen LogP contribution in [0.1, 0.15) is 11.4 Å². The van der Waals surface area contributed by atoms with Crippen molar-refractivity contribution in [1.29, 1.82) is 0 Å². The highest BCUT2D eigenvalue weighted by Crippen LogP contribution is 2.11. The van der Waals surface area contributed by atoms with Gasteiger partial charge in [0.25, 0.3) is 0 Å². The molecule has 0 unspecified atom stereocenters. The monoisotopic (exact) mass is 265 g/mol. The van der Waals surface area contributed by atoms with Crippen LogP contribution in [-0.2, 0) is 24.7 Å². The largest absolute Gasteiger partial charge is 0.375 e. The minimum atomic E-state index is -0.0452. The maximum absolute atomic E-state index is 11.6. The van der Waals surface area contributed by atoms with Gasteiger partial charge in [0, 0.05) is 31.6 Å². The molecule has 0 saturated carbocycles. The molecule has 0 fully saturated rings. The molecule has 0 saturated heterocycles. The molecule has 2 aromatic rings. The number of amides is 1. The predicted molar refractivity (Wildman–Crippen MR) is 70.2 cm³/mol. The zero-order valence-corrected chi connectivity index (χ0v) is 10.9. The molecule has 2 rings (SSSR count). The second kappa shape index (κ2) is 5.63. The van der Waals surface area contributed by atoms with Crippen LogP contribution in [0, 0.1) is 0 Å². The zero-order chi connectivity index (χ0) is 13.0. The van der Waals surface area contributed by atoms with E-state index in [1.807, 2.05) is 19.3 Å². The molecular weight excluding hydrogens is 250 g/mol. The highest BCUT2D eigenvalue weighted by Gasteiger charge is 2.06. The van der Waals surface area contributed by atoms with E-state index < -0.39 is 0 Å². The lowest BCUT2D eigenvalue weighted by Crippen LogP contribution is -2.27. The summed E-state index contributed by atoms with van der Waals surface area (Å²) in [4.78, 5) is 15.6. The van der Waals surface area contributed by atoms with Crippen molar-refractivity contribution in [3.63, 3.8) is 0 Å². The first kappa shape index (κ1) is 12.6. The molecule has 0 radical (unpaired) electrons. The SMILES string of the molecule is Cn1ccc(CCNC(=O)Cc2csc(N)n2)n1. The third-order valence-corrected chi connectivity index (χ3v) is 3.11. The number of hydrogen-bond acceptors (Lipinski definition) is 5. The minimum absolute atomic E-state index is 0.0452. The van der Waals surface area contributed by atoms with Gasteiger partial charge in [-0.3, -0.25) is 9.48 Å². The molecule has 0 aliphatic carbocycles. The van der Waals surface area contributed by atoms with Crippen molar-refractivity contribution in [2.75, 3.05) is 12.3 Å². The van der Waals surface area contributed by atoms with Gasteiger partial charge in [0.2, 0.25) is 5.91 Å². The summed E-state index contributed by atoms with van der Waals surface area (Å²) in [5, 5.41) is 9.36. The van der Waals surface area contributed by atoms with Gasteiger partial charge in [0.1, 0.15) is 0 Å². The van der Waals surface area contributed by atoms with Crippen LogP contribution in [0.3, 0.4) is 0 Å². The fourth-order valence-corrected chi connectivity index (χ4v) is 2.12. The Balaban J connectivity index is 1.72. The third kappa shape index (κ3) is 3.56. The van der Waals surface area contributed by atoms with Crippen LogP contribution in [0.15, 0.2) is 17.6 Å². The summed E-state index contributed by atoms with van der Waals surface area (Å²) in [6, 6.07) is 1.94. The number of rotatable bonds is 5. The Morgan fingerprint density at radius 2 is 2.39 bits per heavy atom. The number of carbonyl (C=O) groups is 1. The van der Waals surface area contributed by atoms with Crippen LogP contribution >= 0.6 is 11.3 Å². The molecule has 2 heterocycles. The van der Waals surface area contributed by atoms with E-state index in [4.69, 9.17) is 5.73 Å². The zero-order valence-electron chi connectivity index (χ0n) is 10.1. The lowest BCUT2D eigenvalue weighted by atomic mass is 10.3. The van der Waals surface area contributed by atoms with E-state index in [0.29, 0.717) is 17.4 Å². The van der Waals surface area contributed by atoms with E-state index in [9.17, 15) is 4.79 Å². The number of nitrogens with two attached hydrogens (primary N) is 1. The normalized spacial score (nSPS) is 10.5. The maximum Gasteiger partial charge on any atom is 0.226 e. The van der Waals surface area contributed by atoms with Gasteiger partial charge in [-0.05, 0) is 6.07 Å². The average Bonchev–Trinajstić information content (AvgIpc) is 2.88. The number of nitrogens with one attached hydrogen (secondary N) is 1. The lowest BCUT2D eigenvalue weighted by molar-refractivity contribution is -0.120. The number of anilines is 1. The first-order valence-electron chi connectivity index (χ1n) is 5.58. The molecule has 0 atom stereocenters. The first-order chi connectivity index (χ1) is 8.63. The summed E-state index contributed by atoms with van der Waals surface area (Å²) in [5.41, 5.74) is 7.18. The number of thiazole rings is 1. The van der Waals surface area contributed by atoms with Gasteiger partial charge in [-0.15, -0.1) is 11.3 Å². The van der Waals surface area contributed by atoms with Gasteiger partial charge in [-0.25, -0.2) is 4.98 Å². The van der Waals surface area contributed by atoms with Gasteiger partial charge >= 0.3 is 0 Å². The van der Waals surface area contributed by atoms with Gasteiger partial charge in [-0.2, -0.15) is 5.10 Å².